The van der Waals surface area contributed by atoms with Crippen molar-refractivity contribution in [2.75, 3.05) is 25.6 Å². The Morgan fingerprint density at radius 3 is 2.00 bits per heavy atom. The molecule has 0 amide bonds. The maximum absolute atomic E-state index is 8.22. The van der Waals surface area contributed by atoms with Crippen LogP contribution in [0.4, 0.5) is 0 Å². The van der Waals surface area contributed by atoms with E-state index in [0.717, 1.165) is 13.1 Å². The van der Waals surface area contributed by atoms with Crippen LogP contribution < -0.4 is 29.3 Å². The number of hydrogen-bond acceptors (Lipinski definition) is 1. The third-order valence-corrected chi connectivity index (χ3v) is 0.865. The number of halogens is 2. The minimum absolute atomic E-state index is 0. The molecular weight excluding hydrogens is 264 g/mol. The summed E-state index contributed by atoms with van der Waals surface area (Å²) in [6, 6.07) is 0. The molecule has 0 saturated heterocycles. The average molecular weight is 284 g/mol. The zero-order chi connectivity index (χ0) is 5.54. The van der Waals surface area contributed by atoms with Gasteiger partial charge in [-0.3, -0.25) is 0 Å². The molecule has 0 radical (unpaired) electrons. The van der Waals surface area contributed by atoms with Crippen molar-refractivity contribution in [2.45, 2.75) is 14.9 Å². The van der Waals surface area contributed by atoms with Crippen LogP contribution in [-0.2, 0) is 0 Å². The van der Waals surface area contributed by atoms with Gasteiger partial charge in [0.1, 0.15) is 0 Å². The van der Waals surface area contributed by atoms with Gasteiger partial charge in [0.2, 0.25) is 0 Å². The molecule has 0 aromatic rings. The summed E-state index contributed by atoms with van der Waals surface area (Å²) in [5.41, 5.74) is 0. The predicted molar refractivity (Wildman–Crippen MR) is 42.9 cm³/mol. The quantitative estimate of drug-likeness (QED) is 0.323. The summed E-state index contributed by atoms with van der Waals surface area (Å²) in [5.74, 6) is 0.667. The van der Waals surface area contributed by atoms with Crippen molar-refractivity contribution >= 4 is 11.6 Å². The molecule has 0 spiro atoms. The van der Waals surface area contributed by atoms with E-state index >= 15 is 0 Å². The van der Waals surface area contributed by atoms with Crippen LogP contribution in [0.1, 0.15) is 14.9 Å². The Hall–Kier alpha value is 0.940. The van der Waals surface area contributed by atoms with Crippen LogP contribution in [0.15, 0.2) is 0 Å². The van der Waals surface area contributed by atoms with Gasteiger partial charge in [0.15, 0.2) is 0 Å². The van der Waals surface area contributed by atoms with Gasteiger partial charge >= 0.3 is 0 Å². The number of rotatable bonds is 4. The summed E-state index contributed by atoms with van der Waals surface area (Å²) >= 11 is 5.32. The van der Waals surface area contributed by atoms with Gasteiger partial charge in [-0.1, -0.05) is 14.9 Å². The minimum Gasteiger partial charge on any atom is -1.00 e. The SMILES string of the molecule is C.C.OCC[NH2+]CCCl.[I-]. The first-order valence-electron chi connectivity index (χ1n) is 2.40. The van der Waals surface area contributed by atoms with Crippen LogP contribution in [0.25, 0.3) is 0 Å². The molecule has 10 heavy (non-hydrogen) atoms. The highest BCUT2D eigenvalue weighted by Crippen LogP contribution is 1.60. The fourth-order valence-electron chi connectivity index (χ4n) is 0.313. The van der Waals surface area contributed by atoms with Crippen LogP contribution in [0, 0.1) is 0 Å². The van der Waals surface area contributed by atoms with Crippen LogP contribution in [0.3, 0.4) is 0 Å². The number of aliphatic hydroxyl groups is 1. The maximum Gasteiger partial charge on any atom is 0.0990 e. The van der Waals surface area contributed by atoms with Gasteiger partial charge in [-0.15, -0.1) is 11.6 Å². The molecule has 0 rings (SSSR count). The first-order valence-corrected chi connectivity index (χ1v) is 2.93. The van der Waals surface area contributed by atoms with Gasteiger partial charge in [-0.05, 0) is 0 Å². The fraction of sp³-hybridized carbons (Fsp3) is 1.00. The summed E-state index contributed by atoms with van der Waals surface area (Å²) in [4.78, 5) is 0. The molecule has 0 saturated carbocycles. The second-order valence-electron chi connectivity index (χ2n) is 1.28. The maximum atomic E-state index is 8.22. The lowest BCUT2D eigenvalue weighted by molar-refractivity contribution is -0.652. The van der Waals surface area contributed by atoms with Crippen molar-refractivity contribution in [3.63, 3.8) is 0 Å². The number of aliphatic hydroxyl groups excluding tert-OH is 1. The molecule has 0 bridgehead atoms. The van der Waals surface area contributed by atoms with Crippen molar-refractivity contribution in [1.29, 1.82) is 0 Å². The highest BCUT2D eigenvalue weighted by atomic mass is 127. The lowest BCUT2D eigenvalue weighted by atomic mass is 10.6. The first-order chi connectivity index (χ1) is 3.41. The van der Waals surface area contributed by atoms with E-state index in [1.54, 1.807) is 0 Å². The van der Waals surface area contributed by atoms with E-state index in [1.807, 2.05) is 5.32 Å². The Kier molecular flexibility index (Phi) is 50.5. The second-order valence-corrected chi connectivity index (χ2v) is 1.66. The van der Waals surface area contributed by atoms with Crippen molar-refractivity contribution in [3.05, 3.63) is 0 Å². The Morgan fingerprint density at radius 1 is 1.20 bits per heavy atom. The normalized spacial score (nSPS) is 6.60. The summed E-state index contributed by atoms with van der Waals surface area (Å²) in [5, 5.41) is 10.2. The second kappa shape index (κ2) is 22.5. The molecule has 0 unspecified atom stereocenters. The fourth-order valence-corrected chi connectivity index (χ4v) is 0.467. The van der Waals surface area contributed by atoms with Gasteiger partial charge in [-0.2, -0.15) is 0 Å². The third kappa shape index (κ3) is 23.1. The monoisotopic (exact) mass is 283 g/mol. The lowest BCUT2D eigenvalue weighted by Crippen LogP contribution is -3.00. The Labute approximate surface area is 86.4 Å². The van der Waals surface area contributed by atoms with Crippen molar-refractivity contribution in [2.24, 2.45) is 0 Å². The molecule has 0 heterocycles. The van der Waals surface area contributed by atoms with Crippen LogP contribution in [0.5, 0.6) is 0 Å². The topological polar surface area (TPSA) is 36.8 Å². The summed E-state index contributed by atoms with van der Waals surface area (Å²) in [6.45, 7) is 1.92. The molecule has 68 valence electrons. The van der Waals surface area contributed by atoms with E-state index < -0.39 is 0 Å². The van der Waals surface area contributed by atoms with Crippen molar-refractivity contribution < 1.29 is 34.4 Å². The molecule has 0 aliphatic heterocycles. The van der Waals surface area contributed by atoms with Crippen molar-refractivity contribution in [1.82, 2.24) is 0 Å². The van der Waals surface area contributed by atoms with Gasteiger partial charge < -0.3 is 34.4 Å². The minimum atomic E-state index is 0. The molecule has 4 heteroatoms. The van der Waals surface area contributed by atoms with Crippen LogP contribution in [-0.4, -0.2) is 30.7 Å². The van der Waals surface area contributed by atoms with Crippen molar-refractivity contribution in [3.8, 4) is 0 Å². The molecule has 2 nitrogen and oxygen atoms in total. The Bertz CT molecular complexity index is 36.9. The van der Waals surface area contributed by atoms with Gasteiger partial charge in [0.05, 0.1) is 25.6 Å². The largest absolute Gasteiger partial charge is 1.00 e. The standard InChI is InChI=1S/C4H10ClNO.2CH4.HI/c5-1-2-6-3-4-7;;;/h6-7H,1-4H2;2*1H4;1H. The Balaban J connectivity index is -0.0000000600. The zero-order valence-corrected chi connectivity index (χ0v) is 7.52. The molecule has 3 N–H and O–H groups in total. The molecule has 0 aliphatic rings. The molecule has 0 aromatic carbocycles. The number of alkyl halides is 1. The molecule has 0 aromatic heterocycles. The zero-order valence-electron chi connectivity index (χ0n) is 4.61. The molecule has 0 atom stereocenters. The number of nitrogens with two attached hydrogens (primary N) is 1. The smallest absolute Gasteiger partial charge is 0.0990 e. The van der Waals surface area contributed by atoms with Gasteiger partial charge in [-0.25, -0.2) is 0 Å². The first kappa shape index (κ1) is 22.4. The average Bonchev–Trinajstić information content (AvgIpc) is 1.69. The molecule has 0 aliphatic carbocycles. The summed E-state index contributed by atoms with van der Waals surface area (Å²) < 4.78 is 0. The van der Waals surface area contributed by atoms with E-state index in [-0.39, 0.29) is 45.4 Å². The molecular formula is C6H19ClINO. The summed E-state index contributed by atoms with van der Waals surface area (Å²) in [7, 11) is 0. The lowest BCUT2D eigenvalue weighted by Gasteiger charge is -1.91. The highest BCUT2D eigenvalue weighted by Gasteiger charge is 1.82. The third-order valence-electron chi connectivity index (χ3n) is 0.646. The Morgan fingerprint density at radius 2 is 1.70 bits per heavy atom. The summed E-state index contributed by atoms with van der Waals surface area (Å²) in [6.07, 6.45) is 0. The van der Waals surface area contributed by atoms with E-state index in [0.29, 0.717) is 5.88 Å². The van der Waals surface area contributed by atoms with E-state index in [9.17, 15) is 0 Å². The van der Waals surface area contributed by atoms with Crippen LogP contribution in [0.2, 0.25) is 0 Å². The predicted octanol–water partition coefficient (Wildman–Crippen LogP) is -2.94. The highest BCUT2D eigenvalue weighted by molar-refractivity contribution is 6.17. The van der Waals surface area contributed by atoms with E-state index in [2.05, 4.69) is 0 Å². The molecule has 0 fully saturated rings. The van der Waals surface area contributed by atoms with Crippen LogP contribution >= 0.6 is 11.6 Å². The number of hydrogen-bond donors (Lipinski definition) is 2. The number of quaternary nitrogens is 1. The van der Waals surface area contributed by atoms with Gasteiger partial charge in [0, 0.05) is 0 Å². The van der Waals surface area contributed by atoms with Gasteiger partial charge in [0.25, 0.3) is 0 Å². The van der Waals surface area contributed by atoms with E-state index in [4.69, 9.17) is 16.7 Å². The van der Waals surface area contributed by atoms with E-state index in [1.165, 1.54) is 0 Å².